The van der Waals surface area contributed by atoms with Crippen LogP contribution in [0.2, 0.25) is 0 Å². The minimum atomic E-state index is -2.74. The van der Waals surface area contributed by atoms with Gasteiger partial charge in [0.1, 0.15) is 5.76 Å². The average molecular weight is 583 g/mol. The highest BCUT2D eigenvalue weighted by Crippen LogP contribution is 2.20. The third-order valence-electron chi connectivity index (χ3n) is 6.33. The van der Waals surface area contributed by atoms with Crippen molar-refractivity contribution in [1.82, 2.24) is 19.7 Å². The Hall–Kier alpha value is -4.59. The second kappa shape index (κ2) is 14.3. The molecule has 42 heavy (non-hydrogen) atoms. The van der Waals surface area contributed by atoms with Crippen molar-refractivity contribution < 1.29 is 44.3 Å². The van der Waals surface area contributed by atoms with Crippen LogP contribution in [0.1, 0.15) is 35.6 Å². The lowest BCUT2D eigenvalue weighted by Crippen LogP contribution is -2.42. The monoisotopic (exact) mass is 582 g/mol. The zero-order valence-electron chi connectivity index (χ0n) is 23.3. The van der Waals surface area contributed by atoms with E-state index in [0.29, 0.717) is 26.2 Å². The fourth-order valence-electron chi connectivity index (χ4n) is 4.48. The van der Waals surface area contributed by atoms with Crippen molar-refractivity contribution in [2.45, 2.75) is 58.0 Å². The van der Waals surface area contributed by atoms with Gasteiger partial charge in [-0.2, -0.15) is 5.10 Å². The first-order chi connectivity index (χ1) is 19.9. The number of aliphatic carboxylic acids is 3. The number of carboxylic acids is 3. The van der Waals surface area contributed by atoms with Crippen LogP contribution in [-0.4, -0.2) is 81.4 Å². The smallest absolute Gasteiger partial charge is 0.336 e. The van der Waals surface area contributed by atoms with E-state index in [1.54, 1.807) is 6.26 Å². The Morgan fingerprint density at radius 2 is 1.71 bits per heavy atom. The molecule has 4 rings (SSSR count). The van der Waals surface area contributed by atoms with Gasteiger partial charge in [-0.25, -0.2) is 4.79 Å². The van der Waals surface area contributed by atoms with E-state index < -0.39 is 42.5 Å². The van der Waals surface area contributed by atoms with Gasteiger partial charge in [0.2, 0.25) is 0 Å². The summed E-state index contributed by atoms with van der Waals surface area (Å²) in [5.41, 5.74) is 1.44. The van der Waals surface area contributed by atoms with E-state index in [4.69, 9.17) is 24.8 Å². The number of rotatable bonds is 13. The molecule has 1 aromatic carbocycles. The van der Waals surface area contributed by atoms with Gasteiger partial charge >= 0.3 is 17.9 Å². The van der Waals surface area contributed by atoms with Crippen LogP contribution in [0.4, 0.5) is 0 Å². The molecule has 1 unspecified atom stereocenters. The zero-order valence-corrected chi connectivity index (χ0v) is 23.3. The van der Waals surface area contributed by atoms with Gasteiger partial charge in [0.25, 0.3) is 0 Å². The van der Waals surface area contributed by atoms with E-state index in [1.807, 2.05) is 61.1 Å². The first-order valence-electron chi connectivity index (χ1n) is 13.0. The van der Waals surface area contributed by atoms with Crippen LogP contribution in [0.5, 0.6) is 0 Å². The molecular formula is C29H34N4O9. The van der Waals surface area contributed by atoms with Gasteiger partial charge in [-0.1, -0.05) is 18.2 Å². The maximum absolute atomic E-state index is 10.8. The Morgan fingerprint density at radius 1 is 1.00 bits per heavy atom. The molecule has 0 aliphatic heterocycles. The van der Waals surface area contributed by atoms with Gasteiger partial charge < -0.3 is 29.9 Å². The van der Waals surface area contributed by atoms with Crippen LogP contribution < -0.4 is 0 Å². The van der Waals surface area contributed by atoms with Gasteiger partial charge in [0.15, 0.2) is 5.60 Å². The maximum Gasteiger partial charge on any atom is 0.336 e. The fraction of sp³-hybridized carbons (Fsp3) is 0.345. The number of aliphatic hydroxyl groups excluding tert-OH is 1. The van der Waals surface area contributed by atoms with Crippen LogP contribution in [-0.2, 0) is 34.0 Å². The first kappa shape index (κ1) is 31.9. The minimum absolute atomic E-state index is 0.464. The number of aryl methyl sites for hydroxylation is 2. The van der Waals surface area contributed by atoms with Gasteiger partial charge in [0, 0.05) is 30.4 Å². The number of benzene rings is 1. The zero-order chi connectivity index (χ0) is 30.9. The van der Waals surface area contributed by atoms with Crippen molar-refractivity contribution in [1.29, 1.82) is 0 Å². The number of carboxylic acid groups (broad SMARTS) is 3. The molecule has 3 heterocycles. The molecule has 0 spiro atoms. The molecule has 0 amide bonds. The molecule has 0 bridgehead atoms. The van der Waals surface area contributed by atoms with Crippen LogP contribution in [0, 0.1) is 13.8 Å². The molecule has 0 saturated carbocycles. The normalized spacial score (nSPS) is 12.1. The number of nitrogens with zero attached hydrogens (tertiary/aromatic N) is 4. The molecule has 1 atom stereocenters. The molecular weight excluding hydrogens is 548 g/mol. The summed E-state index contributed by atoms with van der Waals surface area (Å²) >= 11 is 0. The Kier molecular flexibility index (Phi) is 10.9. The largest absolute Gasteiger partial charge is 0.481 e. The molecule has 0 aliphatic carbocycles. The number of hydrogen-bond donors (Lipinski definition) is 5. The molecule has 0 aliphatic rings. The van der Waals surface area contributed by atoms with Gasteiger partial charge in [0.05, 0.1) is 49.5 Å². The van der Waals surface area contributed by atoms with E-state index >= 15 is 0 Å². The fourth-order valence-corrected chi connectivity index (χ4v) is 4.48. The number of pyridine rings is 1. The molecule has 0 fully saturated rings. The highest BCUT2D eigenvalue weighted by molar-refractivity contribution is 5.88. The maximum atomic E-state index is 10.8. The summed E-state index contributed by atoms with van der Waals surface area (Å²) in [7, 11) is 0. The molecule has 3 aromatic heterocycles. The van der Waals surface area contributed by atoms with Gasteiger partial charge in [-0.3, -0.25) is 24.2 Å². The number of aromatic nitrogens is 3. The number of furan rings is 1. The molecule has 5 N–H and O–H groups in total. The minimum Gasteiger partial charge on any atom is -0.481 e. The number of carbonyl (C=O) groups is 3. The Labute approximate surface area is 241 Å². The van der Waals surface area contributed by atoms with Gasteiger partial charge in [-0.05, 0) is 49.7 Å². The molecule has 4 aromatic rings. The van der Waals surface area contributed by atoms with E-state index in [2.05, 4.69) is 27.1 Å². The van der Waals surface area contributed by atoms with Crippen molar-refractivity contribution >= 4 is 28.8 Å². The molecule has 0 radical (unpaired) electrons. The van der Waals surface area contributed by atoms with E-state index in [-0.39, 0.29) is 0 Å². The number of aliphatic hydroxyl groups is 2. The third kappa shape index (κ3) is 9.23. The van der Waals surface area contributed by atoms with Gasteiger partial charge in [-0.15, -0.1) is 0 Å². The second-order valence-corrected chi connectivity index (χ2v) is 9.98. The summed E-state index contributed by atoms with van der Waals surface area (Å²) in [5.74, 6) is -4.14. The molecule has 13 nitrogen and oxygen atoms in total. The first-order valence-corrected chi connectivity index (χ1v) is 13.0. The van der Waals surface area contributed by atoms with Crippen LogP contribution in [0.15, 0.2) is 65.4 Å². The number of hydrogen-bond acceptors (Lipinski definition) is 9. The Balaban J connectivity index is 0.000000316. The highest BCUT2D eigenvalue weighted by Gasteiger charge is 2.40. The summed E-state index contributed by atoms with van der Waals surface area (Å²) in [6, 6.07) is 16.1. The quantitative estimate of drug-likeness (QED) is 0.154. The van der Waals surface area contributed by atoms with Crippen molar-refractivity contribution in [3.8, 4) is 0 Å². The lowest BCUT2D eigenvalue weighted by atomic mass is 9.96. The summed E-state index contributed by atoms with van der Waals surface area (Å²) in [5, 5.41) is 50.2. The lowest BCUT2D eigenvalue weighted by Gasteiger charge is -2.25. The van der Waals surface area contributed by atoms with E-state index in [9.17, 15) is 19.5 Å². The Morgan fingerprint density at radius 3 is 2.29 bits per heavy atom. The van der Waals surface area contributed by atoms with Crippen molar-refractivity contribution in [2.24, 2.45) is 0 Å². The van der Waals surface area contributed by atoms with Crippen LogP contribution >= 0.6 is 0 Å². The number of fused-ring (bicyclic) bond motifs is 1. The van der Waals surface area contributed by atoms with Crippen molar-refractivity contribution in [3.05, 3.63) is 83.7 Å². The van der Waals surface area contributed by atoms with Crippen LogP contribution in [0.25, 0.3) is 10.9 Å². The topological polar surface area (TPSA) is 199 Å². The van der Waals surface area contributed by atoms with E-state index in [1.165, 1.54) is 5.56 Å². The molecule has 0 saturated heterocycles. The third-order valence-corrected chi connectivity index (χ3v) is 6.33. The molecule has 13 heteroatoms. The van der Waals surface area contributed by atoms with E-state index in [0.717, 1.165) is 28.1 Å². The SMILES string of the molecule is Cc1cc(C)n(CC(O)CN(Cc2ccco2)Cc2cccc3ncccc23)n1.O=C(O)CC(O)(CC(=O)O)C(=O)O. The second-order valence-electron chi connectivity index (χ2n) is 9.98. The Bertz CT molecular complexity index is 1480. The highest BCUT2D eigenvalue weighted by atomic mass is 16.4. The standard InChI is InChI=1S/C23H26N4O2.C6H8O7/c1-17-12-18(2)27(25-17)15-20(28)14-26(16-21-7-5-11-29-21)13-19-6-3-9-23-22(19)8-4-10-24-23;7-3(8)1-6(13,5(11)12)2-4(9)10/h3-12,20,28H,13-16H2,1-2H3;13H,1-2H2,(H,7,8)(H,9,10)(H,11,12). The average Bonchev–Trinajstić information content (AvgIpc) is 3.52. The summed E-state index contributed by atoms with van der Waals surface area (Å²) in [6.07, 6.45) is 0.659. The molecule has 224 valence electrons. The van der Waals surface area contributed by atoms with Crippen LogP contribution in [0.3, 0.4) is 0 Å². The summed E-state index contributed by atoms with van der Waals surface area (Å²) in [4.78, 5) is 37.1. The predicted octanol–water partition coefficient (Wildman–Crippen LogP) is 2.46. The summed E-state index contributed by atoms with van der Waals surface area (Å²) < 4.78 is 7.43. The lowest BCUT2D eigenvalue weighted by molar-refractivity contribution is -0.170. The summed E-state index contributed by atoms with van der Waals surface area (Å²) in [6.45, 7) is 6.26. The van der Waals surface area contributed by atoms with Crippen molar-refractivity contribution in [2.75, 3.05) is 6.54 Å². The van der Waals surface area contributed by atoms with Crippen molar-refractivity contribution in [3.63, 3.8) is 0 Å². The predicted molar refractivity (Wildman–Crippen MR) is 149 cm³/mol.